The first-order valence-electron chi connectivity index (χ1n) is 6.40. The number of sulfonamides is 1. The minimum absolute atomic E-state index is 0.203. The first-order valence-corrected chi connectivity index (χ1v) is 8.67. The molecule has 0 aliphatic carbocycles. The molecule has 0 radical (unpaired) electrons. The van der Waals surface area contributed by atoms with Crippen LogP contribution in [0.5, 0.6) is 0 Å². The van der Waals surface area contributed by atoms with Crippen molar-refractivity contribution in [2.75, 3.05) is 22.8 Å². The molecule has 0 bridgehead atoms. The van der Waals surface area contributed by atoms with Gasteiger partial charge in [-0.25, -0.2) is 8.42 Å². The van der Waals surface area contributed by atoms with Gasteiger partial charge in [0.1, 0.15) is 0 Å². The SMILES string of the molecule is CCC(C)(CN)C(=O)Nc1cc(NS(C)(=O)=O)ccc1Cl. The van der Waals surface area contributed by atoms with E-state index in [0.717, 1.165) is 6.26 Å². The molecule has 1 unspecified atom stereocenters. The van der Waals surface area contributed by atoms with Crippen LogP contribution in [-0.4, -0.2) is 27.1 Å². The maximum atomic E-state index is 12.3. The maximum absolute atomic E-state index is 12.3. The summed E-state index contributed by atoms with van der Waals surface area (Å²) in [6, 6.07) is 4.49. The molecule has 1 atom stereocenters. The molecule has 1 aromatic rings. The predicted octanol–water partition coefficient (Wildman–Crippen LogP) is 2.02. The molecule has 0 spiro atoms. The number of amides is 1. The zero-order valence-electron chi connectivity index (χ0n) is 12.2. The van der Waals surface area contributed by atoms with E-state index in [9.17, 15) is 13.2 Å². The molecule has 0 aromatic heterocycles. The average Bonchev–Trinajstić information content (AvgIpc) is 2.39. The Kier molecular flexibility index (Phi) is 5.61. The highest BCUT2D eigenvalue weighted by atomic mass is 35.5. The number of nitrogens with one attached hydrogen (secondary N) is 2. The lowest BCUT2D eigenvalue weighted by Gasteiger charge is -2.25. The first kappa shape index (κ1) is 17.7. The third-order valence-electron chi connectivity index (χ3n) is 3.30. The zero-order valence-corrected chi connectivity index (χ0v) is 13.8. The average molecular weight is 334 g/mol. The van der Waals surface area contributed by atoms with Crippen LogP contribution in [-0.2, 0) is 14.8 Å². The predicted molar refractivity (Wildman–Crippen MR) is 86.0 cm³/mol. The molecule has 0 aliphatic rings. The van der Waals surface area contributed by atoms with Crippen molar-refractivity contribution in [2.45, 2.75) is 20.3 Å². The lowest BCUT2D eigenvalue weighted by atomic mass is 9.86. The van der Waals surface area contributed by atoms with Gasteiger partial charge in [0, 0.05) is 6.54 Å². The van der Waals surface area contributed by atoms with Crippen LogP contribution in [0.25, 0.3) is 0 Å². The molecule has 1 amide bonds. The van der Waals surface area contributed by atoms with Crippen LogP contribution in [0.15, 0.2) is 18.2 Å². The van der Waals surface area contributed by atoms with Crippen molar-refractivity contribution in [3.63, 3.8) is 0 Å². The van der Waals surface area contributed by atoms with Crippen molar-refractivity contribution in [1.29, 1.82) is 0 Å². The lowest BCUT2D eigenvalue weighted by Crippen LogP contribution is -2.39. The van der Waals surface area contributed by atoms with Crippen LogP contribution in [0.1, 0.15) is 20.3 Å². The Hall–Kier alpha value is -1.31. The zero-order chi connectivity index (χ0) is 16.3. The van der Waals surface area contributed by atoms with Crippen LogP contribution < -0.4 is 15.8 Å². The minimum Gasteiger partial charge on any atom is -0.329 e. The van der Waals surface area contributed by atoms with Gasteiger partial charge in [-0.15, -0.1) is 0 Å². The van der Waals surface area contributed by atoms with E-state index in [1.54, 1.807) is 6.92 Å². The molecule has 0 heterocycles. The van der Waals surface area contributed by atoms with E-state index in [4.69, 9.17) is 17.3 Å². The van der Waals surface area contributed by atoms with Crippen LogP contribution in [0.3, 0.4) is 0 Å². The molecule has 118 valence electrons. The van der Waals surface area contributed by atoms with Crippen molar-refractivity contribution in [2.24, 2.45) is 11.1 Å². The van der Waals surface area contributed by atoms with E-state index in [1.165, 1.54) is 18.2 Å². The van der Waals surface area contributed by atoms with Gasteiger partial charge in [0.05, 0.1) is 28.1 Å². The van der Waals surface area contributed by atoms with Gasteiger partial charge >= 0.3 is 0 Å². The Balaban J connectivity index is 3.03. The Bertz CT molecular complexity index is 628. The van der Waals surface area contributed by atoms with Crippen molar-refractivity contribution < 1.29 is 13.2 Å². The van der Waals surface area contributed by atoms with Gasteiger partial charge in [0.2, 0.25) is 15.9 Å². The smallest absolute Gasteiger partial charge is 0.231 e. The summed E-state index contributed by atoms with van der Waals surface area (Å²) in [5.74, 6) is -0.258. The van der Waals surface area contributed by atoms with E-state index in [-0.39, 0.29) is 12.5 Å². The summed E-state index contributed by atoms with van der Waals surface area (Å²) in [4.78, 5) is 12.3. The van der Waals surface area contributed by atoms with Crippen LogP contribution >= 0.6 is 11.6 Å². The summed E-state index contributed by atoms with van der Waals surface area (Å²) < 4.78 is 24.8. The van der Waals surface area contributed by atoms with E-state index in [2.05, 4.69) is 10.0 Å². The van der Waals surface area contributed by atoms with Crippen molar-refractivity contribution >= 4 is 38.9 Å². The number of carbonyl (C=O) groups is 1. The standard InChI is InChI=1S/C13H20ClN3O3S/c1-4-13(2,8-15)12(18)16-11-7-9(5-6-10(11)14)17-21(3,19)20/h5-7,17H,4,8,15H2,1-3H3,(H,16,18). The lowest BCUT2D eigenvalue weighted by molar-refractivity contribution is -0.124. The minimum atomic E-state index is -3.40. The largest absolute Gasteiger partial charge is 0.329 e. The number of anilines is 2. The summed E-state index contributed by atoms with van der Waals surface area (Å²) in [5, 5.41) is 3.01. The van der Waals surface area contributed by atoms with Gasteiger partial charge in [-0.3, -0.25) is 9.52 Å². The van der Waals surface area contributed by atoms with Gasteiger partial charge in [-0.05, 0) is 31.5 Å². The van der Waals surface area contributed by atoms with Crippen molar-refractivity contribution in [3.05, 3.63) is 23.2 Å². The maximum Gasteiger partial charge on any atom is 0.231 e. The molecule has 8 heteroatoms. The van der Waals surface area contributed by atoms with Gasteiger partial charge in [-0.1, -0.05) is 18.5 Å². The fraction of sp³-hybridized carbons (Fsp3) is 0.462. The van der Waals surface area contributed by atoms with Gasteiger partial charge in [-0.2, -0.15) is 0 Å². The molecule has 0 saturated heterocycles. The number of hydrogen-bond acceptors (Lipinski definition) is 4. The third-order valence-corrected chi connectivity index (χ3v) is 4.23. The summed E-state index contributed by atoms with van der Waals surface area (Å²) in [5.41, 5.74) is 5.59. The summed E-state index contributed by atoms with van der Waals surface area (Å²) >= 11 is 6.02. The fourth-order valence-electron chi connectivity index (χ4n) is 1.57. The molecule has 0 saturated carbocycles. The topological polar surface area (TPSA) is 101 Å². The Morgan fingerprint density at radius 1 is 1.43 bits per heavy atom. The Morgan fingerprint density at radius 3 is 2.52 bits per heavy atom. The highest BCUT2D eigenvalue weighted by Gasteiger charge is 2.30. The molecular formula is C13H20ClN3O3S. The Labute approximate surface area is 130 Å². The second-order valence-corrected chi connectivity index (χ2v) is 7.30. The number of hydrogen-bond donors (Lipinski definition) is 3. The second-order valence-electron chi connectivity index (χ2n) is 5.14. The third kappa shape index (κ3) is 4.87. The van der Waals surface area contributed by atoms with Gasteiger partial charge in [0.15, 0.2) is 0 Å². The normalized spacial score (nSPS) is 14.3. The van der Waals surface area contributed by atoms with Crippen LogP contribution in [0.2, 0.25) is 5.02 Å². The molecule has 21 heavy (non-hydrogen) atoms. The number of benzene rings is 1. The second kappa shape index (κ2) is 6.64. The quantitative estimate of drug-likeness (QED) is 0.741. The first-order chi connectivity index (χ1) is 9.61. The van der Waals surface area contributed by atoms with Gasteiger partial charge in [0.25, 0.3) is 0 Å². The van der Waals surface area contributed by atoms with Crippen molar-refractivity contribution in [1.82, 2.24) is 0 Å². The Morgan fingerprint density at radius 2 is 2.05 bits per heavy atom. The fourth-order valence-corrected chi connectivity index (χ4v) is 2.29. The molecule has 0 fully saturated rings. The van der Waals surface area contributed by atoms with E-state index in [1.807, 2.05) is 6.92 Å². The summed E-state index contributed by atoms with van der Waals surface area (Å²) in [6.45, 7) is 3.83. The van der Waals surface area contributed by atoms with Crippen LogP contribution in [0, 0.1) is 5.41 Å². The monoisotopic (exact) mass is 333 g/mol. The molecule has 1 aromatic carbocycles. The molecule has 1 rings (SSSR count). The van der Waals surface area contributed by atoms with Crippen LogP contribution in [0.4, 0.5) is 11.4 Å². The number of rotatable bonds is 6. The number of nitrogens with two attached hydrogens (primary N) is 1. The molecule has 4 N–H and O–H groups in total. The molecular weight excluding hydrogens is 314 g/mol. The highest BCUT2D eigenvalue weighted by Crippen LogP contribution is 2.29. The summed E-state index contributed by atoms with van der Waals surface area (Å²) in [6.07, 6.45) is 1.62. The number of carbonyl (C=O) groups excluding carboxylic acids is 1. The highest BCUT2D eigenvalue weighted by molar-refractivity contribution is 7.92. The summed E-state index contributed by atoms with van der Waals surface area (Å²) in [7, 11) is -3.40. The van der Waals surface area contributed by atoms with E-state index in [0.29, 0.717) is 22.8 Å². The number of halogens is 1. The van der Waals surface area contributed by atoms with Gasteiger partial charge < -0.3 is 11.1 Å². The molecule has 6 nitrogen and oxygen atoms in total. The van der Waals surface area contributed by atoms with E-state index >= 15 is 0 Å². The molecule has 0 aliphatic heterocycles. The van der Waals surface area contributed by atoms with Crippen molar-refractivity contribution in [3.8, 4) is 0 Å². The van der Waals surface area contributed by atoms with E-state index < -0.39 is 15.4 Å².